The minimum atomic E-state index is -0.0651. The Balaban J connectivity index is 1.66. The first-order valence-corrected chi connectivity index (χ1v) is 10.4. The molecule has 156 valence electrons. The van der Waals surface area contributed by atoms with Gasteiger partial charge in [-0.15, -0.1) is 0 Å². The highest BCUT2D eigenvalue weighted by Crippen LogP contribution is 2.34. The van der Waals surface area contributed by atoms with Gasteiger partial charge < -0.3 is 20.5 Å². The van der Waals surface area contributed by atoms with Crippen LogP contribution in [0.3, 0.4) is 0 Å². The summed E-state index contributed by atoms with van der Waals surface area (Å²) in [5, 5.41) is 3.23. The zero-order valence-electron chi connectivity index (χ0n) is 17.7. The molecule has 0 spiro atoms. The van der Waals surface area contributed by atoms with Gasteiger partial charge in [-0.3, -0.25) is 9.69 Å². The van der Waals surface area contributed by atoms with Gasteiger partial charge in [-0.1, -0.05) is 33.8 Å². The Labute approximate surface area is 168 Å². The maximum absolute atomic E-state index is 12.8. The maximum atomic E-state index is 12.8. The van der Waals surface area contributed by atoms with E-state index in [2.05, 4.69) is 37.9 Å². The maximum Gasteiger partial charge on any atom is 0.234 e. The molecule has 0 aromatic heterocycles. The third-order valence-corrected chi connectivity index (χ3v) is 5.87. The van der Waals surface area contributed by atoms with Crippen LogP contribution in [0.25, 0.3) is 0 Å². The number of piperidine rings is 1. The van der Waals surface area contributed by atoms with E-state index in [1.807, 2.05) is 18.2 Å². The number of nitrogens with one attached hydrogen (secondary N) is 1. The van der Waals surface area contributed by atoms with Crippen molar-refractivity contribution in [2.75, 3.05) is 32.8 Å². The molecule has 2 atom stereocenters. The standard InChI is InChI=1S/C22H35N3O3/c1-15(2)21(16-6-7-17-18(12-16)28-11-5-10-27-17)24-20(26)13-25-9-8-19(23)22(3,4)14-25/h6-7,12,15,19,21H,5,8-11,13-14,23H2,1-4H3,(H,24,26). The van der Waals surface area contributed by atoms with Crippen molar-refractivity contribution in [2.45, 2.75) is 52.6 Å². The monoisotopic (exact) mass is 389 g/mol. The van der Waals surface area contributed by atoms with Crippen LogP contribution in [-0.4, -0.2) is 49.7 Å². The van der Waals surface area contributed by atoms with Crippen molar-refractivity contribution in [3.63, 3.8) is 0 Å². The Morgan fingerprint density at radius 2 is 2.00 bits per heavy atom. The van der Waals surface area contributed by atoms with Crippen LogP contribution >= 0.6 is 0 Å². The van der Waals surface area contributed by atoms with E-state index in [0.717, 1.165) is 43.0 Å². The van der Waals surface area contributed by atoms with E-state index in [9.17, 15) is 4.79 Å². The number of fused-ring (bicyclic) bond motifs is 1. The molecular weight excluding hydrogens is 354 g/mol. The summed E-state index contributed by atoms with van der Waals surface area (Å²) in [4.78, 5) is 15.0. The summed E-state index contributed by atoms with van der Waals surface area (Å²) in [6, 6.07) is 6.11. The molecule has 1 amide bonds. The van der Waals surface area contributed by atoms with Crippen molar-refractivity contribution in [1.82, 2.24) is 10.2 Å². The molecule has 6 heteroatoms. The SMILES string of the molecule is CC(C)C(NC(=O)CN1CCC(N)C(C)(C)C1)c1ccc2c(c1)OCCCO2. The third-order valence-electron chi connectivity index (χ3n) is 5.87. The minimum Gasteiger partial charge on any atom is -0.490 e. The lowest BCUT2D eigenvalue weighted by atomic mass is 9.80. The highest BCUT2D eigenvalue weighted by atomic mass is 16.5. The van der Waals surface area contributed by atoms with Gasteiger partial charge in [0.25, 0.3) is 0 Å². The first-order valence-electron chi connectivity index (χ1n) is 10.4. The van der Waals surface area contributed by atoms with Gasteiger partial charge >= 0.3 is 0 Å². The van der Waals surface area contributed by atoms with Crippen molar-refractivity contribution >= 4 is 5.91 Å². The summed E-state index contributed by atoms with van der Waals surface area (Å²) < 4.78 is 11.5. The Hall–Kier alpha value is -1.79. The molecule has 1 aromatic rings. The van der Waals surface area contributed by atoms with Gasteiger partial charge in [-0.05, 0) is 35.4 Å². The summed E-state index contributed by atoms with van der Waals surface area (Å²) in [5.74, 6) is 1.86. The Morgan fingerprint density at radius 1 is 1.29 bits per heavy atom. The van der Waals surface area contributed by atoms with Crippen LogP contribution in [-0.2, 0) is 4.79 Å². The smallest absolute Gasteiger partial charge is 0.234 e. The number of hydrogen-bond donors (Lipinski definition) is 2. The lowest BCUT2D eigenvalue weighted by Crippen LogP contribution is -2.54. The molecule has 1 fully saturated rings. The van der Waals surface area contributed by atoms with Crippen LogP contribution in [0.15, 0.2) is 18.2 Å². The fourth-order valence-corrected chi connectivity index (χ4v) is 4.05. The zero-order chi connectivity index (χ0) is 20.3. The molecule has 2 aliphatic rings. The van der Waals surface area contributed by atoms with E-state index >= 15 is 0 Å². The second kappa shape index (κ2) is 8.70. The van der Waals surface area contributed by atoms with Crippen molar-refractivity contribution in [3.05, 3.63) is 23.8 Å². The van der Waals surface area contributed by atoms with E-state index in [4.69, 9.17) is 15.2 Å². The predicted octanol–water partition coefficient (Wildman–Crippen LogP) is 2.72. The molecule has 0 aliphatic carbocycles. The minimum absolute atomic E-state index is 0.0321. The average Bonchev–Trinajstić information content (AvgIpc) is 2.87. The third kappa shape index (κ3) is 4.97. The van der Waals surface area contributed by atoms with E-state index in [0.29, 0.717) is 19.8 Å². The molecule has 6 nitrogen and oxygen atoms in total. The summed E-state index contributed by atoms with van der Waals surface area (Å²) in [7, 11) is 0. The molecule has 2 aliphatic heterocycles. The number of nitrogens with two attached hydrogens (primary N) is 1. The summed E-state index contributed by atoms with van der Waals surface area (Å²) >= 11 is 0. The summed E-state index contributed by atoms with van der Waals surface area (Å²) in [6.07, 6.45) is 1.81. The van der Waals surface area contributed by atoms with E-state index < -0.39 is 0 Å². The number of hydrogen-bond acceptors (Lipinski definition) is 5. The Bertz CT molecular complexity index is 690. The second-order valence-corrected chi connectivity index (χ2v) is 9.14. The molecule has 1 saturated heterocycles. The van der Waals surface area contributed by atoms with Gasteiger partial charge in [-0.25, -0.2) is 0 Å². The van der Waals surface area contributed by atoms with Gasteiger partial charge in [0, 0.05) is 25.6 Å². The number of carbonyl (C=O) groups is 1. The van der Waals surface area contributed by atoms with Gasteiger partial charge in [0.05, 0.1) is 25.8 Å². The average molecular weight is 390 g/mol. The molecule has 3 N–H and O–H groups in total. The Morgan fingerprint density at radius 3 is 2.68 bits per heavy atom. The van der Waals surface area contributed by atoms with Crippen molar-refractivity contribution in [1.29, 1.82) is 0 Å². The van der Waals surface area contributed by atoms with E-state index in [-0.39, 0.29) is 29.3 Å². The number of nitrogens with zero attached hydrogens (tertiary/aromatic N) is 1. The molecule has 0 saturated carbocycles. The fraction of sp³-hybridized carbons (Fsp3) is 0.682. The van der Waals surface area contributed by atoms with Crippen LogP contribution in [0.4, 0.5) is 0 Å². The number of carbonyl (C=O) groups excluding carboxylic acids is 1. The Kier molecular flexibility index (Phi) is 6.50. The van der Waals surface area contributed by atoms with Gasteiger partial charge in [0.15, 0.2) is 11.5 Å². The van der Waals surface area contributed by atoms with Crippen LogP contribution < -0.4 is 20.5 Å². The van der Waals surface area contributed by atoms with Gasteiger partial charge in [0.2, 0.25) is 5.91 Å². The number of amides is 1. The van der Waals surface area contributed by atoms with Crippen molar-refractivity contribution in [2.24, 2.45) is 17.1 Å². The molecule has 0 bridgehead atoms. The summed E-state index contributed by atoms with van der Waals surface area (Å²) in [5.41, 5.74) is 7.30. The lowest BCUT2D eigenvalue weighted by molar-refractivity contribution is -0.124. The first kappa shape index (κ1) is 20.9. The second-order valence-electron chi connectivity index (χ2n) is 9.14. The molecule has 0 radical (unpaired) electrons. The van der Waals surface area contributed by atoms with Crippen molar-refractivity contribution in [3.8, 4) is 11.5 Å². The summed E-state index contributed by atoms with van der Waals surface area (Å²) in [6.45, 7) is 12.0. The first-order chi connectivity index (χ1) is 13.3. The fourth-order valence-electron chi connectivity index (χ4n) is 4.05. The molecule has 28 heavy (non-hydrogen) atoms. The highest BCUT2D eigenvalue weighted by Gasteiger charge is 2.34. The van der Waals surface area contributed by atoms with Crippen LogP contribution in [0.1, 0.15) is 52.1 Å². The van der Waals surface area contributed by atoms with E-state index in [1.54, 1.807) is 0 Å². The highest BCUT2D eigenvalue weighted by molar-refractivity contribution is 5.78. The van der Waals surface area contributed by atoms with E-state index in [1.165, 1.54) is 0 Å². The molecule has 2 heterocycles. The molecule has 3 rings (SSSR count). The normalized spacial score (nSPS) is 23.1. The van der Waals surface area contributed by atoms with Gasteiger partial charge in [-0.2, -0.15) is 0 Å². The van der Waals surface area contributed by atoms with Crippen LogP contribution in [0.2, 0.25) is 0 Å². The number of likely N-dealkylation sites (tertiary alicyclic amines) is 1. The van der Waals surface area contributed by atoms with Crippen LogP contribution in [0.5, 0.6) is 11.5 Å². The predicted molar refractivity (Wildman–Crippen MR) is 111 cm³/mol. The number of ether oxygens (including phenoxy) is 2. The molecular formula is C22H35N3O3. The van der Waals surface area contributed by atoms with Crippen molar-refractivity contribution < 1.29 is 14.3 Å². The number of benzene rings is 1. The largest absolute Gasteiger partial charge is 0.490 e. The van der Waals surface area contributed by atoms with Crippen LogP contribution in [0, 0.1) is 11.3 Å². The number of rotatable bonds is 5. The topological polar surface area (TPSA) is 76.8 Å². The lowest BCUT2D eigenvalue weighted by Gasteiger charge is -2.42. The van der Waals surface area contributed by atoms with Gasteiger partial charge in [0.1, 0.15) is 0 Å². The zero-order valence-corrected chi connectivity index (χ0v) is 17.7. The molecule has 1 aromatic carbocycles. The quantitative estimate of drug-likeness (QED) is 0.810. The molecule has 2 unspecified atom stereocenters.